The zero-order valence-corrected chi connectivity index (χ0v) is 12.4. The molecule has 1 aliphatic heterocycles. The van der Waals surface area contributed by atoms with Gasteiger partial charge in [0, 0.05) is 5.41 Å². The van der Waals surface area contributed by atoms with E-state index in [4.69, 9.17) is 4.74 Å². The van der Waals surface area contributed by atoms with E-state index in [9.17, 15) is 0 Å². The summed E-state index contributed by atoms with van der Waals surface area (Å²) in [5.41, 5.74) is 0.188. The lowest BCUT2D eigenvalue weighted by Gasteiger charge is -2.32. The molecule has 0 saturated heterocycles. The Morgan fingerprint density at radius 2 is 1.42 bits per heavy atom. The summed E-state index contributed by atoms with van der Waals surface area (Å²) in [6.45, 7) is 2.36. The Bertz CT molecular complexity index is 307. The topological polar surface area (TPSA) is 23.3 Å². The largest absolute Gasteiger partial charge is 0.466 e. The van der Waals surface area contributed by atoms with Gasteiger partial charge in [0.05, 0.1) is 12.4 Å². The van der Waals surface area contributed by atoms with Crippen LogP contribution in [0.25, 0.3) is 0 Å². The predicted octanol–water partition coefficient (Wildman–Crippen LogP) is 5.24. The van der Waals surface area contributed by atoms with E-state index in [0.29, 0.717) is 0 Å². The van der Waals surface area contributed by atoms with Crippen molar-refractivity contribution in [2.24, 2.45) is 5.41 Å². The Morgan fingerprint density at radius 1 is 0.895 bits per heavy atom. The maximum Gasteiger partial charge on any atom is 0.127 e. The van der Waals surface area contributed by atoms with Gasteiger partial charge in [-0.1, -0.05) is 64.7 Å². The summed E-state index contributed by atoms with van der Waals surface area (Å²) in [4.78, 5) is 0. The highest BCUT2D eigenvalue weighted by molar-refractivity contribution is 5.10. The molecule has 19 heavy (non-hydrogen) atoms. The fraction of sp³-hybridized carbons (Fsp3) is 0.765. The number of ether oxygens (including phenoxy) is 1. The van der Waals surface area contributed by atoms with Crippen molar-refractivity contribution in [3.05, 3.63) is 24.4 Å². The molecule has 0 aromatic rings. The van der Waals surface area contributed by atoms with Crippen LogP contribution in [0.5, 0.6) is 0 Å². The smallest absolute Gasteiger partial charge is 0.127 e. The van der Waals surface area contributed by atoms with Crippen LogP contribution in [0.15, 0.2) is 24.4 Å². The van der Waals surface area contributed by atoms with E-state index in [2.05, 4.69) is 12.2 Å². The molecule has 1 radical (unpaired) electrons. The number of hydrogen-bond acceptors (Lipinski definition) is 1. The van der Waals surface area contributed by atoms with Crippen LogP contribution in [-0.2, 0) is 4.74 Å². The minimum absolute atomic E-state index is 0.188. The van der Waals surface area contributed by atoms with E-state index in [0.717, 1.165) is 5.76 Å². The van der Waals surface area contributed by atoms with Gasteiger partial charge < -0.3 is 4.74 Å². The summed E-state index contributed by atoms with van der Waals surface area (Å²) < 4.78 is 5.73. The first-order chi connectivity index (χ1) is 9.31. The number of hydrogen-bond donors (Lipinski definition) is 0. The first kappa shape index (κ1) is 14.5. The Kier molecular flexibility index (Phi) is 5.81. The maximum atomic E-state index is 5.73. The van der Waals surface area contributed by atoms with Gasteiger partial charge in [0.1, 0.15) is 12.0 Å². The average molecular weight is 262 g/mol. The lowest BCUT2D eigenvalue weighted by Crippen LogP contribution is -2.23. The molecule has 0 atom stereocenters. The van der Waals surface area contributed by atoms with Crippen LogP contribution < -0.4 is 5.32 Å². The molecular weight excluding hydrogens is 234 g/mol. The molecule has 107 valence electrons. The van der Waals surface area contributed by atoms with Crippen molar-refractivity contribution in [3.63, 3.8) is 0 Å². The quantitative estimate of drug-likeness (QED) is 0.633. The van der Waals surface area contributed by atoms with Gasteiger partial charge in [0.25, 0.3) is 0 Å². The second-order valence-corrected chi connectivity index (χ2v) is 6.29. The van der Waals surface area contributed by atoms with Crippen molar-refractivity contribution in [1.82, 2.24) is 5.32 Å². The molecule has 1 heterocycles. The molecule has 2 nitrogen and oxygen atoms in total. The zero-order chi connectivity index (χ0) is 13.4. The van der Waals surface area contributed by atoms with E-state index in [1.807, 2.05) is 6.20 Å². The second kappa shape index (κ2) is 7.62. The van der Waals surface area contributed by atoms with Gasteiger partial charge in [-0.3, -0.25) is 5.32 Å². The lowest BCUT2D eigenvalue weighted by molar-refractivity contribution is 0.174. The fourth-order valence-corrected chi connectivity index (χ4v) is 3.22. The Morgan fingerprint density at radius 3 is 1.89 bits per heavy atom. The number of rotatable bonds is 1. The lowest BCUT2D eigenvalue weighted by atomic mass is 9.77. The standard InChI is InChI=1S/C17H28NO/c1-17(16-15-18-13-14-19-16)11-9-7-5-3-2-4-6-8-10-12-17/h13-15H,2-12H2,1H3. The highest BCUT2D eigenvalue weighted by Crippen LogP contribution is 2.40. The molecule has 0 amide bonds. The third-order valence-corrected chi connectivity index (χ3v) is 4.59. The summed E-state index contributed by atoms with van der Waals surface area (Å²) in [6, 6.07) is 0. The van der Waals surface area contributed by atoms with Crippen LogP contribution in [0.3, 0.4) is 0 Å². The van der Waals surface area contributed by atoms with Gasteiger partial charge >= 0.3 is 0 Å². The molecular formula is C17H28NO. The molecule has 0 N–H and O–H groups in total. The molecule has 2 rings (SSSR count). The first-order valence-electron chi connectivity index (χ1n) is 8.04. The van der Waals surface area contributed by atoms with Gasteiger partial charge in [0.15, 0.2) is 0 Å². The van der Waals surface area contributed by atoms with Crippen LogP contribution in [0.4, 0.5) is 0 Å². The highest BCUT2D eigenvalue weighted by Gasteiger charge is 2.30. The van der Waals surface area contributed by atoms with Gasteiger partial charge in [0.2, 0.25) is 0 Å². The highest BCUT2D eigenvalue weighted by atomic mass is 16.5. The maximum absolute atomic E-state index is 5.73. The van der Waals surface area contributed by atoms with Crippen LogP contribution in [0.2, 0.25) is 0 Å². The number of allylic oxidation sites excluding steroid dienone is 1. The van der Waals surface area contributed by atoms with Crippen molar-refractivity contribution < 1.29 is 4.74 Å². The Hall–Kier alpha value is -0.920. The molecule has 0 aromatic heterocycles. The monoisotopic (exact) mass is 262 g/mol. The van der Waals surface area contributed by atoms with Gasteiger partial charge in [-0.2, -0.15) is 0 Å². The van der Waals surface area contributed by atoms with E-state index in [-0.39, 0.29) is 5.41 Å². The summed E-state index contributed by atoms with van der Waals surface area (Å²) in [6.07, 6.45) is 20.3. The molecule has 1 aliphatic carbocycles. The van der Waals surface area contributed by atoms with Gasteiger partial charge in [-0.25, -0.2) is 0 Å². The van der Waals surface area contributed by atoms with Crippen molar-refractivity contribution in [2.75, 3.05) is 0 Å². The van der Waals surface area contributed by atoms with Crippen molar-refractivity contribution in [3.8, 4) is 0 Å². The second-order valence-electron chi connectivity index (χ2n) is 6.29. The van der Waals surface area contributed by atoms with Crippen LogP contribution in [-0.4, -0.2) is 0 Å². The molecule has 0 spiro atoms. The van der Waals surface area contributed by atoms with Crippen molar-refractivity contribution in [2.45, 2.75) is 77.6 Å². The zero-order valence-electron chi connectivity index (χ0n) is 12.4. The molecule has 0 aromatic carbocycles. The molecule has 1 saturated carbocycles. The summed E-state index contributed by atoms with van der Waals surface area (Å²) in [5, 5.41) is 4.24. The fourth-order valence-electron chi connectivity index (χ4n) is 3.22. The van der Waals surface area contributed by atoms with Crippen molar-refractivity contribution in [1.29, 1.82) is 0 Å². The van der Waals surface area contributed by atoms with E-state index < -0.39 is 0 Å². The minimum atomic E-state index is 0.188. The van der Waals surface area contributed by atoms with Crippen molar-refractivity contribution >= 4 is 0 Å². The van der Waals surface area contributed by atoms with E-state index in [1.54, 1.807) is 12.5 Å². The molecule has 1 fully saturated rings. The third-order valence-electron chi connectivity index (χ3n) is 4.59. The predicted molar refractivity (Wildman–Crippen MR) is 79.3 cm³/mol. The molecule has 0 unspecified atom stereocenters. The average Bonchev–Trinajstić information content (AvgIpc) is 2.44. The summed E-state index contributed by atoms with van der Waals surface area (Å²) in [5.74, 6) is 1.08. The third kappa shape index (κ3) is 4.59. The molecule has 2 aliphatic rings. The molecule has 0 bridgehead atoms. The first-order valence-corrected chi connectivity index (χ1v) is 8.04. The van der Waals surface area contributed by atoms with E-state index in [1.165, 1.54) is 70.6 Å². The number of nitrogens with zero attached hydrogens (tertiary/aromatic N) is 1. The molecule has 2 heteroatoms. The van der Waals surface area contributed by atoms with Crippen LogP contribution >= 0.6 is 0 Å². The summed E-state index contributed by atoms with van der Waals surface area (Å²) in [7, 11) is 0. The Balaban J connectivity index is 1.94. The normalized spacial score (nSPS) is 25.2. The summed E-state index contributed by atoms with van der Waals surface area (Å²) >= 11 is 0. The minimum Gasteiger partial charge on any atom is -0.466 e. The SMILES string of the molecule is CC1(C2=C[N]C=CO2)CCCCCCCCCCC1. The van der Waals surface area contributed by atoms with Crippen LogP contribution in [0, 0.1) is 5.41 Å². The van der Waals surface area contributed by atoms with Gasteiger partial charge in [-0.05, 0) is 12.8 Å². The van der Waals surface area contributed by atoms with E-state index >= 15 is 0 Å². The Labute approximate surface area is 118 Å². The van der Waals surface area contributed by atoms with Crippen LogP contribution in [0.1, 0.15) is 77.6 Å². The van der Waals surface area contributed by atoms with Gasteiger partial charge in [-0.15, -0.1) is 0 Å².